The van der Waals surface area contributed by atoms with E-state index in [0.29, 0.717) is 6.04 Å². The first-order valence-corrected chi connectivity index (χ1v) is 6.63. The molecule has 1 heterocycles. The predicted octanol–water partition coefficient (Wildman–Crippen LogP) is 3.09. The van der Waals surface area contributed by atoms with E-state index < -0.39 is 0 Å². The van der Waals surface area contributed by atoms with Gasteiger partial charge in [0.15, 0.2) is 0 Å². The van der Waals surface area contributed by atoms with Gasteiger partial charge in [-0.05, 0) is 29.5 Å². The van der Waals surface area contributed by atoms with Crippen LogP contribution in [0.4, 0.5) is 0 Å². The van der Waals surface area contributed by atoms with Gasteiger partial charge in [-0.1, -0.05) is 30.3 Å². The minimum atomic E-state index is 0.110. The zero-order chi connectivity index (χ0) is 12.1. The van der Waals surface area contributed by atoms with Crippen LogP contribution in [0.5, 0.6) is 0 Å². The maximum Gasteiger partial charge on any atom is 0.0681 e. The summed E-state index contributed by atoms with van der Waals surface area (Å²) in [6.45, 7) is 3.14. The average Bonchev–Trinajstić information content (AvgIpc) is 2.90. The molecule has 2 rings (SSSR count). The number of benzene rings is 1. The molecule has 0 spiro atoms. The van der Waals surface area contributed by atoms with Crippen LogP contribution >= 0.6 is 11.3 Å². The summed E-state index contributed by atoms with van der Waals surface area (Å²) >= 11 is 1.78. The van der Waals surface area contributed by atoms with E-state index >= 15 is 0 Å². The third-order valence-corrected chi connectivity index (χ3v) is 3.84. The molecule has 2 aromatic rings. The molecule has 1 aromatic heterocycles. The van der Waals surface area contributed by atoms with Crippen LogP contribution in [0.3, 0.4) is 0 Å². The van der Waals surface area contributed by atoms with Crippen LogP contribution in [0.15, 0.2) is 41.8 Å². The van der Waals surface area contributed by atoms with Gasteiger partial charge < -0.3 is 10.4 Å². The zero-order valence-corrected chi connectivity index (χ0v) is 10.7. The first-order chi connectivity index (χ1) is 8.29. The first kappa shape index (κ1) is 12.3. The van der Waals surface area contributed by atoms with Crippen molar-refractivity contribution >= 4 is 11.3 Å². The molecule has 0 saturated carbocycles. The highest BCUT2D eigenvalue weighted by Crippen LogP contribution is 2.18. The van der Waals surface area contributed by atoms with Crippen LogP contribution in [0, 0.1) is 0 Å². The standard InChI is InChI=1S/C14H17NOS/c1-11(14-3-2-8-17-14)15-9-12-4-6-13(10-16)7-5-12/h2-8,11,15-16H,9-10H2,1H3/t11-/m1/s1. The van der Waals surface area contributed by atoms with Gasteiger partial charge in [-0.25, -0.2) is 0 Å². The summed E-state index contributed by atoms with van der Waals surface area (Å²) in [5, 5.41) is 14.5. The summed E-state index contributed by atoms with van der Waals surface area (Å²) in [4.78, 5) is 1.36. The molecule has 17 heavy (non-hydrogen) atoms. The molecular formula is C14H17NOS. The molecule has 2 N–H and O–H groups in total. The largest absolute Gasteiger partial charge is 0.392 e. The molecule has 90 valence electrons. The summed E-state index contributed by atoms with van der Waals surface area (Å²) in [6.07, 6.45) is 0. The van der Waals surface area contributed by atoms with E-state index in [0.717, 1.165) is 12.1 Å². The lowest BCUT2D eigenvalue weighted by atomic mass is 10.1. The fraction of sp³-hybridized carbons (Fsp3) is 0.286. The Hall–Kier alpha value is -1.16. The van der Waals surface area contributed by atoms with Crippen molar-refractivity contribution in [3.05, 3.63) is 57.8 Å². The van der Waals surface area contributed by atoms with E-state index in [1.807, 2.05) is 12.1 Å². The highest BCUT2D eigenvalue weighted by molar-refractivity contribution is 7.10. The Morgan fingerprint density at radius 2 is 1.88 bits per heavy atom. The predicted molar refractivity (Wildman–Crippen MR) is 71.9 cm³/mol. The summed E-state index contributed by atoms with van der Waals surface area (Å²) < 4.78 is 0. The van der Waals surface area contributed by atoms with Crippen LogP contribution in [0.2, 0.25) is 0 Å². The van der Waals surface area contributed by atoms with E-state index in [1.165, 1.54) is 10.4 Å². The molecule has 0 aliphatic rings. The number of nitrogens with one attached hydrogen (secondary N) is 1. The average molecular weight is 247 g/mol. The lowest BCUT2D eigenvalue weighted by molar-refractivity contribution is 0.282. The van der Waals surface area contributed by atoms with Gasteiger partial charge in [0, 0.05) is 17.5 Å². The molecule has 0 aliphatic heterocycles. The van der Waals surface area contributed by atoms with Gasteiger partial charge in [-0.15, -0.1) is 11.3 Å². The monoisotopic (exact) mass is 247 g/mol. The lowest BCUT2D eigenvalue weighted by Gasteiger charge is -2.12. The maximum atomic E-state index is 8.96. The number of hydrogen-bond acceptors (Lipinski definition) is 3. The van der Waals surface area contributed by atoms with E-state index in [4.69, 9.17) is 5.11 Å². The molecule has 0 amide bonds. The highest BCUT2D eigenvalue weighted by Gasteiger charge is 2.05. The summed E-state index contributed by atoms with van der Waals surface area (Å²) in [7, 11) is 0. The summed E-state index contributed by atoms with van der Waals surface area (Å²) in [6, 6.07) is 12.7. The van der Waals surface area contributed by atoms with E-state index in [2.05, 4.69) is 41.9 Å². The molecule has 3 heteroatoms. The number of aliphatic hydroxyl groups is 1. The normalized spacial score (nSPS) is 12.6. The van der Waals surface area contributed by atoms with Crippen molar-refractivity contribution in [2.45, 2.75) is 26.1 Å². The maximum absolute atomic E-state index is 8.96. The second kappa shape index (κ2) is 5.96. The van der Waals surface area contributed by atoms with Crippen LogP contribution in [-0.4, -0.2) is 5.11 Å². The van der Waals surface area contributed by atoms with Gasteiger partial charge in [-0.2, -0.15) is 0 Å². The highest BCUT2D eigenvalue weighted by atomic mass is 32.1. The smallest absolute Gasteiger partial charge is 0.0681 e. The second-order valence-electron chi connectivity index (χ2n) is 4.09. The van der Waals surface area contributed by atoms with Crippen LogP contribution in [-0.2, 0) is 13.2 Å². The number of aliphatic hydroxyl groups excluding tert-OH is 1. The number of thiophene rings is 1. The Kier molecular flexibility index (Phi) is 4.31. The SMILES string of the molecule is C[C@@H](NCc1ccc(CO)cc1)c1cccs1. The van der Waals surface area contributed by atoms with Crippen molar-refractivity contribution in [2.24, 2.45) is 0 Å². The van der Waals surface area contributed by atoms with E-state index in [9.17, 15) is 0 Å². The Labute approximate surface area is 106 Å². The minimum Gasteiger partial charge on any atom is -0.392 e. The van der Waals surface area contributed by atoms with Crippen molar-refractivity contribution in [1.82, 2.24) is 5.32 Å². The van der Waals surface area contributed by atoms with Gasteiger partial charge in [0.25, 0.3) is 0 Å². The Morgan fingerprint density at radius 1 is 1.18 bits per heavy atom. The van der Waals surface area contributed by atoms with Gasteiger partial charge in [-0.3, -0.25) is 0 Å². The molecule has 0 unspecified atom stereocenters. The lowest BCUT2D eigenvalue weighted by Crippen LogP contribution is -2.17. The van der Waals surface area contributed by atoms with Crippen LogP contribution < -0.4 is 5.32 Å². The minimum absolute atomic E-state index is 0.110. The third kappa shape index (κ3) is 3.40. The fourth-order valence-corrected chi connectivity index (χ4v) is 2.43. The van der Waals surface area contributed by atoms with E-state index in [-0.39, 0.29) is 6.61 Å². The van der Waals surface area contributed by atoms with Crippen LogP contribution in [0.25, 0.3) is 0 Å². The second-order valence-corrected chi connectivity index (χ2v) is 5.07. The molecule has 2 nitrogen and oxygen atoms in total. The van der Waals surface area contributed by atoms with Gasteiger partial charge in [0.2, 0.25) is 0 Å². The van der Waals surface area contributed by atoms with Crippen molar-refractivity contribution in [3.8, 4) is 0 Å². The third-order valence-electron chi connectivity index (χ3n) is 2.79. The van der Waals surface area contributed by atoms with Gasteiger partial charge in [0.05, 0.1) is 6.61 Å². The van der Waals surface area contributed by atoms with Gasteiger partial charge in [0.1, 0.15) is 0 Å². The molecule has 0 aliphatic carbocycles. The molecule has 1 atom stereocenters. The van der Waals surface area contributed by atoms with Crippen molar-refractivity contribution in [3.63, 3.8) is 0 Å². The van der Waals surface area contributed by atoms with Crippen LogP contribution in [0.1, 0.15) is 29.0 Å². The van der Waals surface area contributed by atoms with E-state index in [1.54, 1.807) is 11.3 Å². The fourth-order valence-electron chi connectivity index (χ4n) is 1.67. The van der Waals surface area contributed by atoms with Crippen molar-refractivity contribution in [1.29, 1.82) is 0 Å². The first-order valence-electron chi connectivity index (χ1n) is 5.75. The molecule has 0 radical (unpaired) electrons. The molecule has 0 saturated heterocycles. The molecule has 1 aromatic carbocycles. The van der Waals surface area contributed by atoms with Gasteiger partial charge >= 0.3 is 0 Å². The number of hydrogen-bond donors (Lipinski definition) is 2. The molecular weight excluding hydrogens is 230 g/mol. The quantitative estimate of drug-likeness (QED) is 0.851. The molecule has 0 fully saturated rings. The molecule has 0 bridgehead atoms. The Balaban J connectivity index is 1.89. The summed E-state index contributed by atoms with van der Waals surface area (Å²) in [5.74, 6) is 0. The van der Waals surface area contributed by atoms with Crippen molar-refractivity contribution < 1.29 is 5.11 Å². The Bertz CT molecular complexity index is 436. The zero-order valence-electron chi connectivity index (χ0n) is 9.89. The summed E-state index contributed by atoms with van der Waals surface area (Å²) in [5.41, 5.74) is 2.20. The topological polar surface area (TPSA) is 32.3 Å². The Morgan fingerprint density at radius 3 is 2.47 bits per heavy atom. The number of rotatable bonds is 5. The van der Waals surface area contributed by atoms with Crippen molar-refractivity contribution in [2.75, 3.05) is 0 Å².